The molecule has 2 aromatic carbocycles. The quantitative estimate of drug-likeness (QED) is 0.756. The van der Waals surface area contributed by atoms with Crippen molar-refractivity contribution in [3.63, 3.8) is 0 Å². The average Bonchev–Trinajstić information content (AvgIpc) is 2.84. The van der Waals surface area contributed by atoms with E-state index in [1.54, 1.807) is 6.26 Å². The second-order valence-corrected chi connectivity index (χ2v) is 7.22. The molecule has 2 N–H and O–H groups in total. The average molecular weight is 322 g/mol. The van der Waals surface area contributed by atoms with E-state index in [0.717, 1.165) is 40.3 Å². The number of H-pyrrole nitrogens is 1. The summed E-state index contributed by atoms with van der Waals surface area (Å²) < 4.78 is 11.6. The van der Waals surface area contributed by atoms with Gasteiger partial charge in [-0.3, -0.25) is 4.21 Å². The van der Waals surface area contributed by atoms with Gasteiger partial charge in [0.05, 0.1) is 0 Å². The second kappa shape index (κ2) is 5.39. The maximum Gasteiger partial charge on any atom is 0.0498 e. The molecule has 0 bridgehead atoms. The lowest BCUT2D eigenvalue weighted by Gasteiger charge is -2.06. The van der Waals surface area contributed by atoms with Crippen LogP contribution in [-0.2, 0) is 17.2 Å². The van der Waals surface area contributed by atoms with E-state index in [-0.39, 0.29) is 0 Å². The van der Waals surface area contributed by atoms with Gasteiger partial charge in [0, 0.05) is 56.4 Å². The molecule has 4 rings (SSSR count). The van der Waals surface area contributed by atoms with Gasteiger partial charge >= 0.3 is 0 Å². The van der Waals surface area contributed by atoms with Crippen LogP contribution in [0.3, 0.4) is 0 Å². The number of benzene rings is 2. The van der Waals surface area contributed by atoms with E-state index in [1.165, 1.54) is 16.5 Å². The summed E-state index contributed by atoms with van der Waals surface area (Å²) >= 11 is 0. The molecule has 0 saturated carbocycles. The van der Waals surface area contributed by atoms with Crippen molar-refractivity contribution >= 4 is 27.4 Å². The maximum absolute atomic E-state index is 11.6. The summed E-state index contributed by atoms with van der Waals surface area (Å²) in [4.78, 5) is 4.42. The number of aromatic nitrogens is 1. The van der Waals surface area contributed by atoms with Crippen molar-refractivity contribution < 1.29 is 4.21 Å². The Hall–Kier alpha value is -2.33. The number of aromatic amines is 1. The van der Waals surface area contributed by atoms with Crippen molar-refractivity contribution in [2.24, 2.45) is 0 Å². The van der Waals surface area contributed by atoms with Crippen LogP contribution in [0.1, 0.15) is 11.1 Å². The molecule has 0 fully saturated rings. The van der Waals surface area contributed by atoms with Crippen LogP contribution >= 0.6 is 0 Å². The van der Waals surface area contributed by atoms with Crippen LogP contribution in [0.2, 0.25) is 0 Å². The van der Waals surface area contributed by atoms with Gasteiger partial charge in [0.15, 0.2) is 0 Å². The summed E-state index contributed by atoms with van der Waals surface area (Å²) in [6.45, 7) is 5.03. The van der Waals surface area contributed by atoms with Gasteiger partial charge in [0.25, 0.3) is 0 Å². The highest BCUT2D eigenvalue weighted by molar-refractivity contribution is 7.84. The van der Waals surface area contributed by atoms with Crippen LogP contribution in [0.25, 0.3) is 27.9 Å². The van der Waals surface area contributed by atoms with Crippen LogP contribution in [-0.4, -0.2) is 22.0 Å². The third kappa shape index (κ3) is 2.30. The molecule has 1 aromatic heterocycles. The number of rotatable bonds is 2. The Morgan fingerprint density at radius 3 is 2.65 bits per heavy atom. The van der Waals surface area contributed by atoms with Crippen molar-refractivity contribution in [3.05, 3.63) is 60.2 Å². The maximum atomic E-state index is 11.6. The van der Waals surface area contributed by atoms with Crippen molar-refractivity contribution in [1.29, 1.82) is 0 Å². The van der Waals surface area contributed by atoms with Gasteiger partial charge in [-0.25, -0.2) is 0 Å². The molecule has 0 saturated heterocycles. The lowest BCUT2D eigenvalue weighted by atomic mass is 10.00. The van der Waals surface area contributed by atoms with Gasteiger partial charge in [-0.2, -0.15) is 0 Å². The summed E-state index contributed by atoms with van der Waals surface area (Å²) in [5.41, 5.74) is 6.90. The highest BCUT2D eigenvalue weighted by atomic mass is 32.2. The Balaban J connectivity index is 1.94. The third-order valence-corrected chi connectivity index (χ3v) is 5.38. The van der Waals surface area contributed by atoms with Crippen molar-refractivity contribution in [2.75, 3.05) is 12.8 Å². The van der Waals surface area contributed by atoms with E-state index < -0.39 is 10.8 Å². The Bertz CT molecular complexity index is 938. The fraction of sp³-hybridized carbons (Fsp3) is 0.158. The molecule has 2 heterocycles. The van der Waals surface area contributed by atoms with Crippen molar-refractivity contribution in [3.8, 4) is 11.3 Å². The lowest BCUT2D eigenvalue weighted by Crippen LogP contribution is -2.12. The Morgan fingerprint density at radius 2 is 1.91 bits per heavy atom. The first-order chi connectivity index (χ1) is 11.1. The third-order valence-electron chi connectivity index (χ3n) is 4.44. The molecule has 0 aliphatic carbocycles. The number of hydrogen-bond acceptors (Lipinski definition) is 2. The van der Waals surface area contributed by atoms with Gasteiger partial charge in [-0.1, -0.05) is 30.8 Å². The Labute approximate surface area is 137 Å². The van der Waals surface area contributed by atoms with Crippen LogP contribution in [0.5, 0.6) is 0 Å². The molecule has 4 heteroatoms. The molecule has 3 nitrogen and oxygen atoms in total. The summed E-state index contributed by atoms with van der Waals surface area (Å²) in [7, 11) is -0.947. The molecule has 116 valence electrons. The van der Waals surface area contributed by atoms with Gasteiger partial charge in [-0.05, 0) is 35.7 Å². The first-order valence-electron chi connectivity index (χ1n) is 7.66. The molecule has 1 atom stereocenters. The number of hydrogen-bond donors (Lipinski definition) is 2. The largest absolute Gasteiger partial charge is 0.385 e. The summed E-state index contributed by atoms with van der Waals surface area (Å²) in [6.07, 6.45) is 2.66. The molecule has 1 aliphatic heterocycles. The summed E-state index contributed by atoms with van der Waals surface area (Å²) in [5.74, 6) is 0. The van der Waals surface area contributed by atoms with Crippen LogP contribution < -0.4 is 5.32 Å². The smallest absolute Gasteiger partial charge is 0.0498 e. The minimum atomic E-state index is -0.947. The van der Waals surface area contributed by atoms with Crippen molar-refractivity contribution in [1.82, 2.24) is 10.3 Å². The van der Waals surface area contributed by atoms with E-state index in [1.807, 2.05) is 24.3 Å². The van der Waals surface area contributed by atoms with E-state index in [0.29, 0.717) is 0 Å². The zero-order valence-electron chi connectivity index (χ0n) is 13.0. The Kier molecular flexibility index (Phi) is 3.34. The molecule has 3 aromatic rings. The predicted octanol–water partition coefficient (Wildman–Crippen LogP) is 3.69. The first kappa shape index (κ1) is 14.3. The van der Waals surface area contributed by atoms with Gasteiger partial charge in [-0.15, -0.1) is 0 Å². The number of nitrogens with one attached hydrogen (secondary N) is 2. The topological polar surface area (TPSA) is 44.9 Å². The monoisotopic (exact) mass is 322 g/mol. The Morgan fingerprint density at radius 1 is 1.13 bits per heavy atom. The molecule has 1 unspecified atom stereocenters. The summed E-state index contributed by atoms with van der Waals surface area (Å²) in [6, 6.07) is 14.3. The van der Waals surface area contributed by atoms with Gasteiger partial charge in [0.2, 0.25) is 0 Å². The minimum absolute atomic E-state index is 0.853. The zero-order valence-corrected chi connectivity index (χ0v) is 13.8. The molecule has 1 aliphatic rings. The van der Waals surface area contributed by atoms with Gasteiger partial charge < -0.3 is 10.3 Å². The van der Waals surface area contributed by atoms with E-state index in [9.17, 15) is 4.21 Å². The van der Waals surface area contributed by atoms with E-state index >= 15 is 0 Å². The molecule has 23 heavy (non-hydrogen) atoms. The predicted molar refractivity (Wildman–Crippen MR) is 96.8 cm³/mol. The molecule has 0 radical (unpaired) electrons. The van der Waals surface area contributed by atoms with Gasteiger partial charge in [0.1, 0.15) is 0 Å². The lowest BCUT2D eigenvalue weighted by molar-refractivity contribution is 0.687. The molecular formula is C19H18N2OS. The van der Waals surface area contributed by atoms with Crippen LogP contribution in [0, 0.1) is 0 Å². The van der Waals surface area contributed by atoms with Crippen LogP contribution in [0.15, 0.2) is 53.9 Å². The summed E-state index contributed by atoms with van der Waals surface area (Å²) in [5, 5.41) is 4.66. The first-order valence-corrected chi connectivity index (χ1v) is 9.21. The van der Waals surface area contributed by atoms with E-state index in [4.69, 9.17) is 0 Å². The minimum Gasteiger partial charge on any atom is -0.385 e. The second-order valence-electron chi connectivity index (χ2n) is 5.84. The SMILES string of the molecule is C=C1NCCc2c(-c3ccc(S(C)=O)cc3)[nH]c3cccc1c23. The standard InChI is InChI=1S/C19H18N2OS/c1-12-15-4-3-5-17-18(15)16(10-11-20-12)19(21-17)13-6-8-14(9-7-13)23(2)22/h3-9,20-21H,1,10-11H2,2H3. The molecular weight excluding hydrogens is 304 g/mol. The zero-order chi connectivity index (χ0) is 16.0. The van der Waals surface area contributed by atoms with Crippen molar-refractivity contribution in [2.45, 2.75) is 11.3 Å². The molecule has 0 spiro atoms. The highest BCUT2D eigenvalue weighted by Gasteiger charge is 2.19. The fourth-order valence-electron chi connectivity index (χ4n) is 3.31. The fourth-order valence-corrected chi connectivity index (χ4v) is 3.83. The highest BCUT2D eigenvalue weighted by Crippen LogP contribution is 2.36. The molecule has 0 amide bonds. The normalized spacial score (nSPS) is 15.3. The van der Waals surface area contributed by atoms with Crippen LogP contribution in [0.4, 0.5) is 0 Å². The van der Waals surface area contributed by atoms with E-state index in [2.05, 4.69) is 35.1 Å².